The molecule has 1 saturated carbocycles. The second-order valence-corrected chi connectivity index (χ2v) is 5.96. The number of aliphatic carboxylic acids is 1. The number of aryl methyl sites for hydroxylation is 1. The first kappa shape index (κ1) is 10.3. The minimum atomic E-state index is -0.611. The quantitative estimate of drug-likeness (QED) is 0.859. The third-order valence-corrected chi connectivity index (χ3v) is 4.58. The second-order valence-electron chi connectivity index (χ2n) is 5.05. The molecule has 0 saturated heterocycles. The van der Waals surface area contributed by atoms with Crippen molar-refractivity contribution in [3.8, 4) is 0 Å². The van der Waals surface area contributed by atoms with Crippen molar-refractivity contribution in [2.45, 2.75) is 25.7 Å². The lowest BCUT2D eigenvalue weighted by molar-refractivity contribution is -0.139. The largest absolute Gasteiger partial charge is 0.481 e. The van der Waals surface area contributed by atoms with E-state index >= 15 is 0 Å². The molecule has 2 unspecified atom stereocenters. The van der Waals surface area contributed by atoms with E-state index in [1.54, 1.807) is 0 Å². The molecule has 0 heterocycles. The summed E-state index contributed by atoms with van der Waals surface area (Å²) in [6.45, 7) is 0. The second kappa shape index (κ2) is 3.33. The lowest BCUT2D eigenvalue weighted by Gasteiger charge is -2.25. The van der Waals surface area contributed by atoms with Crippen molar-refractivity contribution in [1.29, 1.82) is 0 Å². The number of carbonyl (C=O) groups is 1. The van der Waals surface area contributed by atoms with Crippen LogP contribution >= 0.6 is 15.9 Å². The van der Waals surface area contributed by atoms with E-state index in [1.165, 1.54) is 11.1 Å². The van der Waals surface area contributed by atoms with Crippen LogP contribution in [0.4, 0.5) is 0 Å². The van der Waals surface area contributed by atoms with Crippen LogP contribution in [-0.4, -0.2) is 11.1 Å². The fourth-order valence-electron chi connectivity index (χ4n) is 3.02. The SMILES string of the molecule is O=C(O)C1CC12CCc1cc(Br)ccc1C2. The van der Waals surface area contributed by atoms with Crippen molar-refractivity contribution in [3.63, 3.8) is 0 Å². The topological polar surface area (TPSA) is 37.3 Å². The Morgan fingerprint density at radius 1 is 1.44 bits per heavy atom. The lowest BCUT2D eigenvalue weighted by Crippen LogP contribution is -2.20. The van der Waals surface area contributed by atoms with Gasteiger partial charge in [-0.15, -0.1) is 0 Å². The van der Waals surface area contributed by atoms with Crippen LogP contribution in [0.25, 0.3) is 0 Å². The summed E-state index contributed by atoms with van der Waals surface area (Å²) in [6.07, 6.45) is 3.89. The molecule has 1 aromatic carbocycles. The van der Waals surface area contributed by atoms with Gasteiger partial charge in [-0.3, -0.25) is 4.79 Å². The summed E-state index contributed by atoms with van der Waals surface area (Å²) in [6, 6.07) is 6.36. The van der Waals surface area contributed by atoms with Crippen LogP contribution < -0.4 is 0 Å². The van der Waals surface area contributed by atoms with Crippen molar-refractivity contribution in [1.82, 2.24) is 0 Å². The monoisotopic (exact) mass is 280 g/mol. The Morgan fingerprint density at radius 3 is 2.94 bits per heavy atom. The highest BCUT2D eigenvalue weighted by Crippen LogP contribution is 2.60. The zero-order chi connectivity index (χ0) is 11.3. The first-order valence-electron chi connectivity index (χ1n) is 5.61. The number of benzene rings is 1. The van der Waals surface area contributed by atoms with Crippen LogP contribution in [-0.2, 0) is 17.6 Å². The normalized spacial score (nSPS) is 31.2. The highest BCUT2D eigenvalue weighted by Gasteiger charge is 2.58. The Morgan fingerprint density at radius 2 is 2.25 bits per heavy atom. The highest BCUT2D eigenvalue weighted by molar-refractivity contribution is 9.10. The molecule has 1 fully saturated rings. The first-order valence-corrected chi connectivity index (χ1v) is 6.40. The molecule has 3 rings (SSSR count). The van der Waals surface area contributed by atoms with E-state index in [9.17, 15) is 4.79 Å². The van der Waals surface area contributed by atoms with Crippen molar-refractivity contribution >= 4 is 21.9 Å². The van der Waals surface area contributed by atoms with E-state index in [0.29, 0.717) is 0 Å². The van der Waals surface area contributed by atoms with Crippen LogP contribution in [0.1, 0.15) is 24.0 Å². The van der Waals surface area contributed by atoms with Crippen molar-refractivity contribution in [2.24, 2.45) is 11.3 Å². The lowest BCUT2D eigenvalue weighted by atomic mass is 9.80. The third kappa shape index (κ3) is 1.49. The highest BCUT2D eigenvalue weighted by atomic mass is 79.9. The Bertz CT molecular complexity index is 469. The van der Waals surface area contributed by atoms with Gasteiger partial charge in [-0.05, 0) is 54.4 Å². The van der Waals surface area contributed by atoms with Gasteiger partial charge in [0.05, 0.1) is 5.92 Å². The van der Waals surface area contributed by atoms with Gasteiger partial charge in [0.15, 0.2) is 0 Å². The molecule has 2 nitrogen and oxygen atoms in total. The molecule has 0 bridgehead atoms. The summed E-state index contributed by atoms with van der Waals surface area (Å²) in [5.41, 5.74) is 2.82. The maximum absolute atomic E-state index is 11.0. The average Bonchev–Trinajstić information content (AvgIpc) is 2.94. The van der Waals surface area contributed by atoms with E-state index < -0.39 is 5.97 Å². The van der Waals surface area contributed by atoms with E-state index in [2.05, 4.69) is 34.1 Å². The van der Waals surface area contributed by atoms with Crippen molar-refractivity contribution in [3.05, 3.63) is 33.8 Å². The van der Waals surface area contributed by atoms with Crippen LogP contribution in [0.3, 0.4) is 0 Å². The van der Waals surface area contributed by atoms with Crippen LogP contribution in [0.15, 0.2) is 22.7 Å². The summed E-state index contributed by atoms with van der Waals surface area (Å²) in [5.74, 6) is -0.704. The standard InChI is InChI=1S/C13H13BrO2/c14-10-2-1-9-6-13(4-3-8(9)5-10)7-11(13)12(15)16/h1-2,5,11H,3-4,6-7H2,(H,15,16). The molecule has 0 aromatic heterocycles. The predicted octanol–water partition coefficient (Wildman–Crippen LogP) is 3.03. The van der Waals surface area contributed by atoms with Gasteiger partial charge in [-0.1, -0.05) is 22.0 Å². The summed E-state index contributed by atoms with van der Waals surface area (Å²) in [7, 11) is 0. The first-order chi connectivity index (χ1) is 7.61. The molecule has 2 aliphatic rings. The molecule has 2 aliphatic carbocycles. The molecule has 3 heteroatoms. The van der Waals surface area contributed by atoms with Crippen LogP contribution in [0, 0.1) is 11.3 Å². The van der Waals surface area contributed by atoms with Crippen molar-refractivity contribution < 1.29 is 9.90 Å². The number of rotatable bonds is 1. The van der Waals surface area contributed by atoms with Crippen molar-refractivity contribution in [2.75, 3.05) is 0 Å². The molecular formula is C13H13BrO2. The van der Waals surface area contributed by atoms with Gasteiger partial charge in [-0.2, -0.15) is 0 Å². The predicted molar refractivity (Wildman–Crippen MR) is 64.3 cm³/mol. The molecular weight excluding hydrogens is 268 g/mol. The molecule has 84 valence electrons. The Hall–Kier alpha value is -0.830. The van der Waals surface area contributed by atoms with E-state index in [0.717, 1.165) is 30.2 Å². The smallest absolute Gasteiger partial charge is 0.307 e. The molecule has 0 amide bonds. The Kier molecular flexibility index (Phi) is 2.15. The number of halogens is 1. The zero-order valence-corrected chi connectivity index (χ0v) is 10.5. The van der Waals surface area contributed by atoms with Gasteiger partial charge in [0.1, 0.15) is 0 Å². The fraction of sp³-hybridized carbons (Fsp3) is 0.462. The Labute approximate surface area is 103 Å². The fourth-order valence-corrected chi connectivity index (χ4v) is 3.43. The van der Waals surface area contributed by atoms with Gasteiger partial charge >= 0.3 is 5.97 Å². The number of carboxylic acids is 1. The number of fused-ring (bicyclic) bond motifs is 1. The van der Waals surface area contributed by atoms with Gasteiger partial charge in [-0.25, -0.2) is 0 Å². The molecule has 16 heavy (non-hydrogen) atoms. The number of hydrogen-bond donors (Lipinski definition) is 1. The molecule has 1 N–H and O–H groups in total. The maximum atomic E-state index is 11.0. The van der Waals surface area contributed by atoms with Gasteiger partial charge in [0.25, 0.3) is 0 Å². The number of carboxylic acid groups (broad SMARTS) is 1. The van der Waals surface area contributed by atoms with E-state index in [1.807, 2.05) is 0 Å². The Balaban J connectivity index is 1.88. The summed E-state index contributed by atoms with van der Waals surface area (Å²) >= 11 is 3.48. The maximum Gasteiger partial charge on any atom is 0.307 e. The van der Waals surface area contributed by atoms with Crippen LogP contribution in [0.5, 0.6) is 0 Å². The van der Waals surface area contributed by atoms with Gasteiger partial charge in [0, 0.05) is 4.47 Å². The minimum Gasteiger partial charge on any atom is -0.481 e. The summed E-state index contributed by atoms with van der Waals surface area (Å²) in [4.78, 5) is 11.0. The molecule has 0 aliphatic heterocycles. The summed E-state index contributed by atoms with van der Waals surface area (Å²) < 4.78 is 1.12. The minimum absolute atomic E-state index is 0.0899. The zero-order valence-electron chi connectivity index (χ0n) is 8.87. The van der Waals surface area contributed by atoms with E-state index in [4.69, 9.17) is 5.11 Å². The molecule has 2 atom stereocenters. The van der Waals surface area contributed by atoms with E-state index in [-0.39, 0.29) is 11.3 Å². The molecule has 1 spiro atoms. The third-order valence-electron chi connectivity index (χ3n) is 4.09. The number of hydrogen-bond acceptors (Lipinski definition) is 1. The van der Waals surface area contributed by atoms with Crippen LogP contribution in [0.2, 0.25) is 0 Å². The molecule has 0 radical (unpaired) electrons. The van der Waals surface area contributed by atoms with Gasteiger partial charge in [0.2, 0.25) is 0 Å². The average molecular weight is 281 g/mol. The molecule has 1 aromatic rings. The van der Waals surface area contributed by atoms with Gasteiger partial charge < -0.3 is 5.11 Å². The summed E-state index contributed by atoms with van der Waals surface area (Å²) in [5, 5.41) is 9.06.